The summed E-state index contributed by atoms with van der Waals surface area (Å²) in [4.78, 5) is 39.2. The van der Waals surface area contributed by atoms with Crippen molar-refractivity contribution in [3.8, 4) is 5.75 Å². The van der Waals surface area contributed by atoms with Crippen LogP contribution < -0.4 is 25.2 Å². The van der Waals surface area contributed by atoms with Gasteiger partial charge in [-0.1, -0.05) is 19.3 Å². The van der Waals surface area contributed by atoms with E-state index in [0.717, 1.165) is 62.9 Å². The maximum Gasteiger partial charge on any atom is 0.342 e. The summed E-state index contributed by atoms with van der Waals surface area (Å²) in [6, 6.07) is 4.99. The molecule has 1 saturated carbocycles. The van der Waals surface area contributed by atoms with Gasteiger partial charge in [0.2, 0.25) is 5.95 Å². The van der Waals surface area contributed by atoms with Gasteiger partial charge >= 0.3 is 5.92 Å². The van der Waals surface area contributed by atoms with E-state index in [1.54, 1.807) is 23.1 Å². The minimum absolute atomic E-state index is 0.0903. The highest BCUT2D eigenvalue weighted by Gasteiger charge is 2.48. The van der Waals surface area contributed by atoms with Crippen molar-refractivity contribution in [2.45, 2.75) is 63.0 Å². The average molecular weight is 558 g/mol. The first-order valence-electron chi connectivity index (χ1n) is 13.9. The van der Waals surface area contributed by atoms with Gasteiger partial charge in [-0.25, -0.2) is 4.98 Å². The van der Waals surface area contributed by atoms with E-state index >= 15 is 0 Å². The number of methoxy groups -OCH3 is 1. The molecule has 12 heteroatoms. The lowest BCUT2D eigenvalue weighted by Crippen LogP contribution is -2.49. The molecule has 1 saturated heterocycles. The summed E-state index contributed by atoms with van der Waals surface area (Å²) < 4.78 is 35.4. The molecule has 1 aromatic carbocycles. The van der Waals surface area contributed by atoms with Crippen LogP contribution in [0.15, 0.2) is 24.4 Å². The monoisotopic (exact) mass is 557 g/mol. The highest BCUT2D eigenvalue weighted by atomic mass is 19.3. The number of piperidine rings is 1. The molecule has 5 rings (SSSR count). The van der Waals surface area contributed by atoms with Crippen LogP contribution in [0.4, 0.5) is 31.9 Å². The predicted octanol–water partition coefficient (Wildman–Crippen LogP) is 3.80. The number of carbonyl (C=O) groups excluding carboxylic acids is 2. The predicted molar refractivity (Wildman–Crippen MR) is 149 cm³/mol. The molecule has 3 heterocycles. The summed E-state index contributed by atoms with van der Waals surface area (Å²) in [5.41, 5.74) is 1.22. The zero-order valence-electron chi connectivity index (χ0n) is 23.3. The lowest BCUT2D eigenvalue weighted by Gasteiger charge is -2.35. The molecule has 0 bridgehead atoms. The summed E-state index contributed by atoms with van der Waals surface area (Å²) in [5.74, 6) is -4.12. The topological polar surface area (TPSA) is 103 Å². The number of nitrogens with zero attached hydrogens (tertiary/aromatic N) is 5. The van der Waals surface area contributed by atoms with Gasteiger partial charge in [0, 0.05) is 31.2 Å². The largest absolute Gasteiger partial charge is 0.495 e. The van der Waals surface area contributed by atoms with Crippen molar-refractivity contribution in [3.05, 3.63) is 30.0 Å². The van der Waals surface area contributed by atoms with Crippen LogP contribution in [0.5, 0.6) is 5.75 Å². The van der Waals surface area contributed by atoms with Gasteiger partial charge in [0.25, 0.3) is 11.8 Å². The molecule has 0 radical (unpaired) electrons. The summed E-state index contributed by atoms with van der Waals surface area (Å²) in [5, 5.41) is 6.21. The highest BCUT2D eigenvalue weighted by Crippen LogP contribution is 2.39. The number of nitrogens with one attached hydrogen (secondary N) is 2. The third kappa shape index (κ3) is 5.81. The van der Waals surface area contributed by atoms with Crippen LogP contribution >= 0.6 is 0 Å². The molecule has 40 heavy (non-hydrogen) atoms. The van der Waals surface area contributed by atoms with Crippen LogP contribution in [0.1, 0.15) is 55.3 Å². The lowest BCUT2D eigenvalue weighted by atomic mass is 9.94. The molecule has 2 amide bonds. The van der Waals surface area contributed by atoms with E-state index in [2.05, 4.69) is 25.5 Å². The third-order valence-corrected chi connectivity index (χ3v) is 8.06. The first-order chi connectivity index (χ1) is 19.2. The Morgan fingerprint density at radius 2 is 1.90 bits per heavy atom. The summed E-state index contributed by atoms with van der Waals surface area (Å²) in [6.07, 6.45) is 7.84. The van der Waals surface area contributed by atoms with Gasteiger partial charge in [0.15, 0.2) is 5.82 Å². The quantitative estimate of drug-likeness (QED) is 0.553. The second-order valence-electron chi connectivity index (χ2n) is 11.0. The number of ether oxygens (including phenoxy) is 1. The van der Waals surface area contributed by atoms with E-state index in [1.165, 1.54) is 20.4 Å². The van der Waals surface area contributed by atoms with Crippen molar-refractivity contribution < 1.29 is 23.1 Å². The normalized spacial score (nSPS) is 21.9. The fraction of sp³-hybridized carbons (Fsp3) is 0.571. The molecule has 2 fully saturated rings. The molecule has 1 aromatic heterocycles. The zero-order chi connectivity index (χ0) is 28.4. The number of carbonyl (C=O) groups is 2. The van der Waals surface area contributed by atoms with Crippen LogP contribution in [0.3, 0.4) is 0 Å². The third-order valence-electron chi connectivity index (χ3n) is 8.06. The van der Waals surface area contributed by atoms with Gasteiger partial charge < -0.3 is 30.1 Å². The van der Waals surface area contributed by atoms with Gasteiger partial charge in [-0.05, 0) is 57.5 Å². The Balaban J connectivity index is 1.40. The van der Waals surface area contributed by atoms with E-state index in [4.69, 9.17) is 4.74 Å². The number of aromatic nitrogens is 2. The number of fused-ring (bicyclic) bond motifs is 1. The molecule has 2 N–H and O–H groups in total. The number of anilines is 4. The van der Waals surface area contributed by atoms with Crippen LogP contribution in [0.25, 0.3) is 0 Å². The van der Waals surface area contributed by atoms with Crippen molar-refractivity contribution in [2.75, 3.05) is 56.0 Å². The zero-order valence-corrected chi connectivity index (χ0v) is 23.3. The lowest BCUT2D eigenvalue weighted by molar-refractivity contribution is -0.140. The number of likely N-dealkylation sites (N-methyl/N-ethyl adjacent to an activating group) is 1. The summed E-state index contributed by atoms with van der Waals surface area (Å²) >= 11 is 0. The molecule has 2 aliphatic heterocycles. The van der Waals surface area contributed by atoms with E-state index in [9.17, 15) is 18.4 Å². The van der Waals surface area contributed by atoms with Gasteiger partial charge in [0.1, 0.15) is 11.4 Å². The Hall–Kier alpha value is -3.54. The number of amides is 2. The van der Waals surface area contributed by atoms with Gasteiger partial charge in [-0.3, -0.25) is 9.59 Å². The Morgan fingerprint density at radius 3 is 2.62 bits per heavy atom. The second kappa shape index (κ2) is 11.5. The fourth-order valence-corrected chi connectivity index (χ4v) is 5.89. The first-order valence-corrected chi connectivity index (χ1v) is 13.9. The minimum Gasteiger partial charge on any atom is -0.495 e. The number of alkyl halides is 2. The molecule has 3 aliphatic rings. The van der Waals surface area contributed by atoms with Crippen molar-refractivity contribution in [1.29, 1.82) is 0 Å². The fourth-order valence-electron chi connectivity index (χ4n) is 5.89. The number of likely N-dealkylation sites (tertiary alicyclic amines) is 1. The minimum atomic E-state index is -3.55. The van der Waals surface area contributed by atoms with Crippen LogP contribution in [-0.4, -0.2) is 85.5 Å². The van der Waals surface area contributed by atoms with Crippen LogP contribution in [0.2, 0.25) is 0 Å². The number of hydrogen-bond donors (Lipinski definition) is 2. The van der Waals surface area contributed by atoms with E-state index in [1.807, 2.05) is 7.05 Å². The molecule has 1 aliphatic carbocycles. The standard InChI is InChI=1S/C28H37F2N7O3/c1-35-13-7-8-19(16-35)32-25(38)18-11-12-21(23(14-18)40-3)33-27-31-15-22-24(34-27)37(20-9-5-4-6-10-20)17-28(29,30)26(39)36(22)2/h11-12,14-15,19-20H,4-10,13,16-17H2,1-3H3,(H,32,38)(H,31,33,34)/t19-/m0/s1. The van der Waals surface area contributed by atoms with Gasteiger partial charge in [-0.2, -0.15) is 13.8 Å². The average Bonchev–Trinajstić information content (AvgIpc) is 3.02. The molecule has 1 atom stereocenters. The van der Waals surface area contributed by atoms with Crippen LogP contribution in [-0.2, 0) is 4.79 Å². The van der Waals surface area contributed by atoms with Crippen molar-refractivity contribution in [2.24, 2.45) is 0 Å². The maximum absolute atomic E-state index is 14.9. The smallest absolute Gasteiger partial charge is 0.342 e. The Morgan fingerprint density at radius 1 is 1.12 bits per heavy atom. The number of benzene rings is 1. The second-order valence-corrected chi connectivity index (χ2v) is 11.0. The SMILES string of the molecule is COc1cc(C(=O)N[C@H]2CCCN(C)C2)ccc1Nc1ncc2c(n1)N(C1CCCCC1)CC(F)(F)C(=O)N2C. The van der Waals surface area contributed by atoms with Crippen molar-refractivity contribution in [1.82, 2.24) is 20.2 Å². The molecule has 0 unspecified atom stereocenters. The molecule has 216 valence electrons. The molecule has 10 nitrogen and oxygen atoms in total. The highest BCUT2D eigenvalue weighted by molar-refractivity contribution is 6.02. The van der Waals surface area contributed by atoms with Crippen LogP contribution in [0, 0.1) is 0 Å². The maximum atomic E-state index is 14.9. The van der Waals surface area contributed by atoms with Gasteiger partial charge in [0.05, 0.1) is 25.5 Å². The van der Waals surface area contributed by atoms with Crippen molar-refractivity contribution in [3.63, 3.8) is 0 Å². The summed E-state index contributed by atoms with van der Waals surface area (Å²) in [6.45, 7) is 1.11. The van der Waals surface area contributed by atoms with E-state index in [0.29, 0.717) is 22.8 Å². The first kappa shape index (κ1) is 28.0. The summed E-state index contributed by atoms with van der Waals surface area (Å²) in [7, 11) is 4.87. The number of halogens is 2. The molecular weight excluding hydrogens is 520 g/mol. The number of hydrogen-bond acceptors (Lipinski definition) is 8. The molecular formula is C28H37F2N7O3. The number of rotatable bonds is 6. The van der Waals surface area contributed by atoms with Gasteiger partial charge in [-0.15, -0.1) is 0 Å². The van der Waals surface area contributed by atoms with Crippen molar-refractivity contribution >= 4 is 35.0 Å². The Kier molecular flexibility index (Phi) is 8.07. The van der Waals surface area contributed by atoms with E-state index < -0.39 is 18.4 Å². The Labute approximate surface area is 233 Å². The molecule has 2 aromatic rings. The molecule has 0 spiro atoms. The Bertz CT molecular complexity index is 1250. The van der Waals surface area contributed by atoms with E-state index in [-0.39, 0.29) is 29.6 Å².